The third-order valence-electron chi connectivity index (χ3n) is 4.18. The van der Waals surface area contributed by atoms with Crippen molar-refractivity contribution in [3.8, 4) is 0 Å². The zero-order valence-electron chi connectivity index (χ0n) is 13.9. The minimum absolute atomic E-state index is 0.272. The number of rotatable bonds is 0. The quantitative estimate of drug-likeness (QED) is 0.407. The monoisotopic (exact) mass is 418 g/mol. The average molecular weight is 419 g/mol. The van der Waals surface area contributed by atoms with E-state index in [1.165, 1.54) is 0 Å². The number of anilines is 4. The molecule has 10 heteroatoms. The van der Waals surface area contributed by atoms with Crippen molar-refractivity contribution in [1.82, 2.24) is 19.9 Å². The molecule has 2 N–H and O–H groups in total. The highest BCUT2D eigenvalue weighted by Gasteiger charge is 2.29. The predicted molar refractivity (Wildman–Crippen MR) is 110 cm³/mol. The van der Waals surface area contributed by atoms with Gasteiger partial charge in [0.05, 0.1) is 28.2 Å². The van der Waals surface area contributed by atoms with Gasteiger partial charge in [-0.1, -0.05) is 0 Å². The first-order chi connectivity index (χ1) is 12.6. The highest BCUT2D eigenvalue weighted by molar-refractivity contribution is 7.16. The van der Waals surface area contributed by atoms with Crippen LogP contribution in [0.2, 0.25) is 0 Å². The largest absolute Gasteiger partial charge is 0.307 e. The summed E-state index contributed by atoms with van der Waals surface area (Å²) in [5, 5.41) is 18.4. The smallest absolute Gasteiger partial charge is 0.189 e. The Bertz CT molecular complexity index is 990. The van der Waals surface area contributed by atoms with Gasteiger partial charge in [-0.15, -0.1) is 45.3 Å². The number of aromatic nitrogens is 4. The Hall–Kier alpha value is -1.88. The van der Waals surface area contributed by atoms with Gasteiger partial charge in [0.2, 0.25) is 0 Å². The molecule has 1 aliphatic heterocycles. The zero-order chi connectivity index (χ0) is 17.7. The predicted octanol–water partition coefficient (Wildman–Crippen LogP) is 5.23. The molecule has 0 saturated heterocycles. The molecule has 132 valence electrons. The molecule has 0 fully saturated rings. The third-order valence-corrected chi connectivity index (χ3v) is 7.31. The highest BCUT2D eigenvalue weighted by Crippen LogP contribution is 2.37. The molecule has 6 nitrogen and oxygen atoms in total. The summed E-state index contributed by atoms with van der Waals surface area (Å²) in [5.41, 5.74) is 3.75. The topological polar surface area (TPSA) is 75.6 Å². The Morgan fingerprint density at radius 2 is 1.12 bits per heavy atom. The summed E-state index contributed by atoms with van der Waals surface area (Å²) in [5.74, 6) is 0. The Kier molecular flexibility index (Phi) is 3.82. The molecular weight excluding hydrogens is 404 g/mol. The van der Waals surface area contributed by atoms with Crippen molar-refractivity contribution in [3.63, 3.8) is 0 Å². The van der Waals surface area contributed by atoms with Gasteiger partial charge in [-0.05, 0) is 13.8 Å². The molecule has 5 rings (SSSR count). The van der Waals surface area contributed by atoms with E-state index in [1.54, 1.807) is 45.3 Å². The summed E-state index contributed by atoms with van der Waals surface area (Å²) in [4.78, 5) is 18.9. The van der Waals surface area contributed by atoms with Crippen molar-refractivity contribution in [2.45, 2.75) is 25.7 Å². The fourth-order valence-corrected chi connectivity index (χ4v) is 5.93. The molecular formula is C16H14N6S4. The Balaban J connectivity index is 1.60. The van der Waals surface area contributed by atoms with Crippen LogP contribution >= 0.6 is 45.3 Å². The van der Waals surface area contributed by atoms with Gasteiger partial charge in [0.15, 0.2) is 20.5 Å². The molecule has 0 amide bonds. The van der Waals surface area contributed by atoms with E-state index in [0.29, 0.717) is 0 Å². The van der Waals surface area contributed by atoms with Crippen molar-refractivity contribution >= 4 is 65.9 Å². The van der Waals surface area contributed by atoms with Crippen LogP contribution in [0, 0.1) is 0 Å². The maximum atomic E-state index is 4.78. The van der Waals surface area contributed by atoms with Crippen LogP contribution < -0.4 is 10.6 Å². The maximum absolute atomic E-state index is 4.78. The van der Waals surface area contributed by atoms with Crippen molar-refractivity contribution in [2.75, 3.05) is 10.6 Å². The van der Waals surface area contributed by atoms with E-state index in [2.05, 4.69) is 56.0 Å². The third kappa shape index (κ3) is 2.92. The summed E-state index contributed by atoms with van der Waals surface area (Å²) >= 11 is 6.37. The van der Waals surface area contributed by atoms with E-state index in [1.807, 2.05) is 0 Å². The van der Waals surface area contributed by atoms with E-state index < -0.39 is 0 Å². The van der Waals surface area contributed by atoms with Crippen molar-refractivity contribution in [3.05, 3.63) is 44.3 Å². The van der Waals surface area contributed by atoms with Gasteiger partial charge in [-0.2, -0.15) is 0 Å². The van der Waals surface area contributed by atoms with Gasteiger partial charge in [-0.3, -0.25) is 0 Å². The molecule has 0 aromatic carbocycles. The van der Waals surface area contributed by atoms with E-state index >= 15 is 0 Å². The molecule has 5 heterocycles. The van der Waals surface area contributed by atoms with Crippen molar-refractivity contribution in [2.24, 2.45) is 0 Å². The fourth-order valence-electron chi connectivity index (χ4n) is 2.63. The second-order valence-electron chi connectivity index (χ2n) is 6.42. The van der Waals surface area contributed by atoms with Gasteiger partial charge in [0.25, 0.3) is 0 Å². The SMILES string of the molecule is CC1(C)c2csc(n2)Nc2nc(cs2)Cc2csc(n2)Nc2nc1cs2. The lowest BCUT2D eigenvalue weighted by Crippen LogP contribution is -2.20. The molecule has 0 spiro atoms. The Morgan fingerprint density at radius 3 is 1.62 bits per heavy atom. The molecule has 0 atom stereocenters. The molecule has 8 bridgehead atoms. The molecule has 0 aliphatic carbocycles. The lowest BCUT2D eigenvalue weighted by molar-refractivity contribution is 0.605. The fraction of sp³-hybridized carbons (Fsp3) is 0.250. The van der Waals surface area contributed by atoms with Crippen LogP contribution in [0.25, 0.3) is 0 Å². The molecule has 4 aromatic rings. The van der Waals surface area contributed by atoms with E-state index in [9.17, 15) is 0 Å². The Labute approximate surface area is 166 Å². The van der Waals surface area contributed by atoms with Crippen LogP contribution in [0.4, 0.5) is 20.5 Å². The van der Waals surface area contributed by atoms with Crippen LogP contribution in [0.5, 0.6) is 0 Å². The van der Waals surface area contributed by atoms with Crippen LogP contribution in [0.3, 0.4) is 0 Å². The van der Waals surface area contributed by atoms with Crippen LogP contribution in [-0.4, -0.2) is 19.9 Å². The molecule has 0 unspecified atom stereocenters. The first-order valence-electron chi connectivity index (χ1n) is 7.91. The van der Waals surface area contributed by atoms with Gasteiger partial charge >= 0.3 is 0 Å². The maximum Gasteiger partial charge on any atom is 0.189 e. The molecule has 1 aliphatic rings. The number of hydrogen-bond acceptors (Lipinski definition) is 10. The summed E-state index contributed by atoms with van der Waals surface area (Å²) in [6, 6.07) is 0. The van der Waals surface area contributed by atoms with Gasteiger partial charge in [0, 0.05) is 27.9 Å². The summed E-state index contributed by atoms with van der Waals surface area (Å²) in [6.07, 6.45) is 0.718. The molecule has 4 aromatic heterocycles. The lowest BCUT2D eigenvalue weighted by Gasteiger charge is -2.19. The minimum atomic E-state index is -0.272. The van der Waals surface area contributed by atoms with Gasteiger partial charge in [0.1, 0.15) is 0 Å². The molecule has 0 radical (unpaired) electrons. The van der Waals surface area contributed by atoms with Crippen LogP contribution in [-0.2, 0) is 11.8 Å². The number of hydrogen-bond donors (Lipinski definition) is 2. The van der Waals surface area contributed by atoms with Gasteiger partial charge < -0.3 is 10.6 Å². The van der Waals surface area contributed by atoms with E-state index in [0.717, 1.165) is 49.7 Å². The number of nitrogens with one attached hydrogen (secondary N) is 2. The lowest BCUT2D eigenvalue weighted by atomic mass is 9.87. The van der Waals surface area contributed by atoms with Crippen molar-refractivity contribution < 1.29 is 0 Å². The standard InChI is InChI=1S/C16H14N6S4/c1-16(2)10-6-25-14(19-10)21-12-17-8(4-23-12)3-9-5-24-13(18-9)22-15-20-11(16)7-26-15/h4-7H,3H2,1-2H3,(H,17,19,21)(H,18,20,22). The number of nitrogens with zero attached hydrogens (tertiary/aromatic N) is 4. The van der Waals surface area contributed by atoms with Crippen LogP contribution in [0.15, 0.2) is 21.5 Å². The Morgan fingerprint density at radius 1 is 0.692 bits per heavy atom. The summed E-state index contributed by atoms with van der Waals surface area (Å²) in [7, 11) is 0. The second-order valence-corrected chi connectivity index (χ2v) is 9.85. The average Bonchev–Trinajstić information content (AvgIpc) is 3.37. The first-order valence-corrected chi connectivity index (χ1v) is 11.4. The van der Waals surface area contributed by atoms with E-state index in [4.69, 9.17) is 9.97 Å². The van der Waals surface area contributed by atoms with Crippen molar-refractivity contribution in [1.29, 1.82) is 0 Å². The highest BCUT2D eigenvalue weighted by atomic mass is 32.1. The zero-order valence-corrected chi connectivity index (χ0v) is 17.2. The number of fused-ring (bicyclic) bond motifs is 8. The first kappa shape index (κ1) is 16.3. The number of thiazole rings is 4. The van der Waals surface area contributed by atoms with E-state index in [-0.39, 0.29) is 5.41 Å². The minimum Gasteiger partial charge on any atom is -0.307 e. The van der Waals surface area contributed by atoms with Crippen LogP contribution in [0.1, 0.15) is 36.6 Å². The molecule has 0 saturated carbocycles. The summed E-state index contributed by atoms with van der Waals surface area (Å²) < 4.78 is 0. The normalized spacial score (nSPS) is 15.3. The second kappa shape index (κ2) is 6.08. The van der Waals surface area contributed by atoms with Gasteiger partial charge in [-0.25, -0.2) is 19.9 Å². The molecule has 26 heavy (non-hydrogen) atoms. The summed E-state index contributed by atoms with van der Waals surface area (Å²) in [6.45, 7) is 4.30.